The van der Waals surface area contributed by atoms with Crippen LogP contribution in [0.1, 0.15) is 23.2 Å². The number of ketones is 1. The number of nitrogens with zero attached hydrogens (tertiary/aromatic N) is 2. The highest BCUT2D eigenvalue weighted by Crippen LogP contribution is 2.29. The summed E-state index contributed by atoms with van der Waals surface area (Å²) in [7, 11) is 0. The van der Waals surface area contributed by atoms with Gasteiger partial charge in [0.25, 0.3) is 0 Å². The maximum absolute atomic E-state index is 14.7. The Hall–Kier alpha value is -2.78. The highest BCUT2D eigenvalue weighted by molar-refractivity contribution is 7.99. The zero-order valence-corrected chi connectivity index (χ0v) is 20.0. The third kappa shape index (κ3) is 6.01. The average Bonchev–Trinajstić information content (AvgIpc) is 3.22. The van der Waals surface area contributed by atoms with Gasteiger partial charge in [-0.05, 0) is 42.5 Å². The summed E-state index contributed by atoms with van der Waals surface area (Å²) < 4.78 is 20.1. The van der Waals surface area contributed by atoms with Gasteiger partial charge in [0, 0.05) is 48.0 Å². The van der Waals surface area contributed by atoms with Gasteiger partial charge in [-0.15, -0.1) is 0 Å². The number of carbonyl (C=O) groups is 3. The molecule has 0 saturated carbocycles. The second kappa shape index (κ2) is 11.1. The molecule has 2 aliphatic rings. The molecule has 2 saturated heterocycles. The van der Waals surface area contributed by atoms with Crippen LogP contribution in [0.4, 0.5) is 20.6 Å². The Labute approximate surface area is 206 Å². The fourth-order valence-electron chi connectivity index (χ4n) is 3.89. The van der Waals surface area contributed by atoms with E-state index >= 15 is 0 Å². The molecule has 180 valence electrons. The van der Waals surface area contributed by atoms with Crippen LogP contribution in [0.2, 0.25) is 5.02 Å². The molecule has 2 fully saturated rings. The largest absolute Gasteiger partial charge is 0.442 e. The van der Waals surface area contributed by atoms with Crippen molar-refractivity contribution in [2.45, 2.75) is 18.9 Å². The first-order valence-corrected chi connectivity index (χ1v) is 12.6. The van der Waals surface area contributed by atoms with Crippen LogP contribution >= 0.6 is 23.4 Å². The van der Waals surface area contributed by atoms with Crippen molar-refractivity contribution >= 4 is 52.5 Å². The first kappa shape index (κ1) is 24.3. The van der Waals surface area contributed by atoms with Gasteiger partial charge in [0.2, 0.25) is 5.91 Å². The summed E-state index contributed by atoms with van der Waals surface area (Å²) >= 11 is 7.67. The van der Waals surface area contributed by atoms with E-state index in [0.29, 0.717) is 22.0 Å². The number of hydrogen-bond donors (Lipinski definition) is 1. The molecule has 4 rings (SSSR count). The summed E-state index contributed by atoms with van der Waals surface area (Å²) in [5, 5.41) is 3.23. The maximum atomic E-state index is 14.7. The van der Waals surface area contributed by atoms with E-state index in [1.54, 1.807) is 36.4 Å². The lowest BCUT2D eigenvalue weighted by molar-refractivity contribution is -0.121. The summed E-state index contributed by atoms with van der Waals surface area (Å²) in [4.78, 5) is 40.0. The molecular weight excluding hydrogens is 481 g/mol. The van der Waals surface area contributed by atoms with Gasteiger partial charge in [-0.1, -0.05) is 11.6 Å². The van der Waals surface area contributed by atoms with Crippen molar-refractivity contribution in [3.05, 3.63) is 58.9 Å². The number of hydrogen-bond acceptors (Lipinski definition) is 6. The molecule has 0 radical (unpaired) electrons. The van der Waals surface area contributed by atoms with Crippen molar-refractivity contribution in [3.63, 3.8) is 0 Å². The lowest BCUT2D eigenvalue weighted by atomic mass is 10.1. The zero-order chi connectivity index (χ0) is 24.1. The minimum atomic E-state index is -0.585. The van der Waals surface area contributed by atoms with Gasteiger partial charge in [-0.3, -0.25) is 14.5 Å². The van der Waals surface area contributed by atoms with Crippen LogP contribution < -0.4 is 15.1 Å². The van der Waals surface area contributed by atoms with E-state index in [1.807, 2.05) is 16.7 Å². The van der Waals surface area contributed by atoms with Crippen LogP contribution in [0.25, 0.3) is 0 Å². The second-order valence-electron chi connectivity index (χ2n) is 8.09. The SMILES string of the molecule is O=C(CCC(=O)c1ccc(Cl)cc1)NC[C@H]1CN(c2ccc(N3CCSCC3)c(F)c2)C(=O)O1. The van der Waals surface area contributed by atoms with Crippen LogP contribution in [-0.2, 0) is 9.53 Å². The predicted molar refractivity (Wildman–Crippen MR) is 132 cm³/mol. The smallest absolute Gasteiger partial charge is 0.414 e. The molecule has 7 nitrogen and oxygen atoms in total. The van der Waals surface area contributed by atoms with Crippen LogP contribution in [0.3, 0.4) is 0 Å². The summed E-state index contributed by atoms with van der Waals surface area (Å²) in [6.07, 6.45) is -1.07. The van der Waals surface area contributed by atoms with Gasteiger partial charge in [-0.25, -0.2) is 9.18 Å². The van der Waals surface area contributed by atoms with Gasteiger partial charge < -0.3 is 15.0 Å². The van der Waals surface area contributed by atoms with Gasteiger partial charge in [0.05, 0.1) is 24.5 Å². The highest BCUT2D eigenvalue weighted by Gasteiger charge is 2.33. The molecule has 0 aliphatic carbocycles. The summed E-state index contributed by atoms with van der Waals surface area (Å²) in [6, 6.07) is 11.3. The van der Waals surface area contributed by atoms with Gasteiger partial charge in [0.1, 0.15) is 11.9 Å². The Kier molecular flexibility index (Phi) is 7.95. The zero-order valence-electron chi connectivity index (χ0n) is 18.5. The van der Waals surface area contributed by atoms with Crippen LogP contribution in [-0.4, -0.2) is 61.6 Å². The fourth-order valence-corrected chi connectivity index (χ4v) is 4.92. The van der Waals surface area contributed by atoms with Gasteiger partial charge in [0.15, 0.2) is 5.78 Å². The van der Waals surface area contributed by atoms with E-state index in [1.165, 1.54) is 11.0 Å². The van der Waals surface area contributed by atoms with Crippen molar-refractivity contribution in [2.75, 3.05) is 47.5 Å². The molecule has 1 atom stereocenters. The predicted octanol–water partition coefficient (Wildman–Crippen LogP) is 4.14. The van der Waals surface area contributed by atoms with Crippen molar-refractivity contribution in [1.82, 2.24) is 5.32 Å². The Balaban J connectivity index is 1.25. The molecule has 10 heteroatoms. The van der Waals surface area contributed by atoms with E-state index in [-0.39, 0.29) is 43.4 Å². The average molecular weight is 506 g/mol. The van der Waals surface area contributed by atoms with E-state index in [9.17, 15) is 18.8 Å². The number of nitrogens with one attached hydrogen (secondary N) is 1. The molecular formula is C24H25ClFN3O4S. The van der Waals surface area contributed by atoms with E-state index in [2.05, 4.69) is 5.32 Å². The van der Waals surface area contributed by atoms with E-state index in [0.717, 1.165) is 24.6 Å². The topological polar surface area (TPSA) is 79.0 Å². The number of carbonyl (C=O) groups excluding carboxylic acids is 3. The van der Waals surface area contributed by atoms with Gasteiger partial charge in [-0.2, -0.15) is 11.8 Å². The molecule has 0 aromatic heterocycles. The maximum Gasteiger partial charge on any atom is 0.414 e. The number of rotatable bonds is 8. The quantitative estimate of drug-likeness (QED) is 0.543. The number of thioether (sulfide) groups is 1. The van der Waals surface area contributed by atoms with Crippen molar-refractivity contribution in [3.8, 4) is 0 Å². The second-order valence-corrected chi connectivity index (χ2v) is 9.75. The standard InChI is InChI=1S/C24H25ClFN3O4S/c25-17-3-1-16(2-4-17)22(30)7-8-23(31)27-14-19-15-29(24(32)33-19)18-5-6-21(20(26)13-18)28-9-11-34-12-10-28/h1-6,13,19H,7-12,14-15H2,(H,27,31)/t19-/m0/s1. The summed E-state index contributed by atoms with van der Waals surface area (Å²) in [6.45, 7) is 1.89. The lowest BCUT2D eigenvalue weighted by Crippen LogP contribution is -2.35. The monoisotopic (exact) mass is 505 g/mol. The summed E-state index contributed by atoms with van der Waals surface area (Å²) in [5.74, 6) is 1.08. The minimum Gasteiger partial charge on any atom is -0.442 e. The Bertz CT molecular complexity index is 1060. The summed E-state index contributed by atoms with van der Waals surface area (Å²) in [5.41, 5.74) is 1.45. The number of benzene rings is 2. The van der Waals surface area contributed by atoms with Crippen LogP contribution in [0.15, 0.2) is 42.5 Å². The Morgan fingerprint density at radius 2 is 1.85 bits per heavy atom. The number of Topliss-reactive ketones (excluding diaryl/α,β-unsaturated/α-hetero) is 1. The number of halogens is 2. The third-order valence-corrected chi connectivity index (χ3v) is 6.94. The van der Waals surface area contributed by atoms with Crippen molar-refractivity contribution in [2.24, 2.45) is 0 Å². The van der Waals surface area contributed by atoms with Crippen LogP contribution in [0.5, 0.6) is 0 Å². The Morgan fingerprint density at radius 1 is 1.12 bits per heavy atom. The molecule has 1 N–H and O–H groups in total. The molecule has 0 unspecified atom stereocenters. The van der Waals surface area contributed by atoms with Crippen molar-refractivity contribution < 1.29 is 23.5 Å². The normalized spacial score (nSPS) is 18.1. The highest BCUT2D eigenvalue weighted by atomic mass is 35.5. The number of anilines is 2. The number of cyclic esters (lactones) is 1. The van der Waals surface area contributed by atoms with Crippen LogP contribution in [0, 0.1) is 5.82 Å². The Morgan fingerprint density at radius 3 is 2.56 bits per heavy atom. The van der Waals surface area contributed by atoms with E-state index < -0.39 is 12.2 Å². The molecule has 34 heavy (non-hydrogen) atoms. The van der Waals surface area contributed by atoms with Gasteiger partial charge >= 0.3 is 6.09 Å². The van der Waals surface area contributed by atoms with E-state index in [4.69, 9.17) is 16.3 Å². The first-order valence-electron chi connectivity index (χ1n) is 11.1. The molecule has 2 aromatic rings. The molecule has 0 bridgehead atoms. The first-order chi connectivity index (χ1) is 16.4. The number of amides is 2. The van der Waals surface area contributed by atoms with Crippen molar-refractivity contribution in [1.29, 1.82) is 0 Å². The minimum absolute atomic E-state index is 0.0213. The third-order valence-electron chi connectivity index (χ3n) is 5.74. The molecule has 2 aliphatic heterocycles. The molecule has 2 aromatic carbocycles. The fraction of sp³-hybridized carbons (Fsp3) is 0.375. The lowest BCUT2D eigenvalue weighted by Gasteiger charge is -2.29. The molecule has 2 amide bonds. The molecule has 0 spiro atoms. The number of ether oxygens (including phenoxy) is 1. The molecule has 2 heterocycles.